The van der Waals surface area contributed by atoms with Gasteiger partial charge in [-0.1, -0.05) is 6.07 Å². The minimum Gasteiger partial charge on any atom is -0.434 e. The second kappa shape index (κ2) is 7.48. The van der Waals surface area contributed by atoms with Gasteiger partial charge in [0.05, 0.1) is 11.9 Å². The molecule has 0 N–H and O–H groups in total. The maximum Gasteiger partial charge on any atom is 0.387 e. The van der Waals surface area contributed by atoms with E-state index in [9.17, 15) is 22.0 Å². The summed E-state index contributed by atoms with van der Waals surface area (Å²) >= 11 is 0. The van der Waals surface area contributed by atoms with Crippen LogP contribution in [-0.4, -0.2) is 51.1 Å². The van der Waals surface area contributed by atoms with Crippen LogP contribution in [0.3, 0.4) is 0 Å². The highest BCUT2D eigenvalue weighted by atomic mass is 32.2. The smallest absolute Gasteiger partial charge is 0.387 e. The van der Waals surface area contributed by atoms with Gasteiger partial charge in [-0.25, -0.2) is 12.7 Å². The monoisotopic (exact) mass is 388 g/mol. The standard InChI is InChI=1S/C17H22F2N2O4S/c1-26(23,24)20-10-7-12(8-11-20)16(22)21-9-3-4-13-14(21)5-2-6-15(13)25-17(18)19/h2,5-6,12,17H,3-4,7-11H2,1H3. The lowest BCUT2D eigenvalue weighted by Crippen LogP contribution is -2.45. The molecule has 0 aliphatic carbocycles. The molecule has 1 amide bonds. The van der Waals surface area contributed by atoms with E-state index in [0.29, 0.717) is 56.6 Å². The summed E-state index contributed by atoms with van der Waals surface area (Å²) < 4.78 is 54.4. The Balaban J connectivity index is 1.77. The molecule has 26 heavy (non-hydrogen) atoms. The van der Waals surface area contributed by atoms with E-state index in [2.05, 4.69) is 4.74 Å². The van der Waals surface area contributed by atoms with Gasteiger partial charge < -0.3 is 9.64 Å². The van der Waals surface area contributed by atoms with Crippen molar-refractivity contribution in [3.63, 3.8) is 0 Å². The predicted molar refractivity (Wildman–Crippen MR) is 92.9 cm³/mol. The Morgan fingerprint density at radius 3 is 2.54 bits per heavy atom. The van der Waals surface area contributed by atoms with E-state index in [1.807, 2.05) is 0 Å². The van der Waals surface area contributed by atoms with Gasteiger partial charge >= 0.3 is 6.61 Å². The normalized spacial score (nSPS) is 19.5. The van der Waals surface area contributed by atoms with Crippen LogP contribution >= 0.6 is 0 Å². The second-order valence-corrected chi connectivity index (χ2v) is 8.64. The first-order valence-electron chi connectivity index (χ1n) is 8.60. The molecular formula is C17H22F2N2O4S. The van der Waals surface area contributed by atoms with Crippen LogP contribution < -0.4 is 9.64 Å². The number of carbonyl (C=O) groups is 1. The quantitative estimate of drug-likeness (QED) is 0.793. The maximum atomic E-state index is 13.0. The lowest BCUT2D eigenvalue weighted by atomic mass is 9.93. The van der Waals surface area contributed by atoms with Crippen molar-refractivity contribution in [1.82, 2.24) is 4.31 Å². The summed E-state index contributed by atoms with van der Waals surface area (Å²) in [7, 11) is -3.24. The predicted octanol–water partition coefficient (Wildman–Crippen LogP) is 2.24. The number of alkyl halides is 2. The Kier molecular flexibility index (Phi) is 5.47. The minimum atomic E-state index is -3.24. The van der Waals surface area contributed by atoms with E-state index in [1.165, 1.54) is 16.6 Å². The number of amides is 1. The number of benzene rings is 1. The summed E-state index contributed by atoms with van der Waals surface area (Å²) in [6.07, 6.45) is 3.34. The van der Waals surface area contributed by atoms with Crippen LogP contribution in [0, 0.1) is 5.92 Å². The number of hydrogen-bond acceptors (Lipinski definition) is 4. The first kappa shape index (κ1) is 19.0. The first-order chi connectivity index (χ1) is 12.3. The fourth-order valence-electron chi connectivity index (χ4n) is 3.68. The largest absolute Gasteiger partial charge is 0.434 e. The molecule has 0 saturated carbocycles. The number of halogens is 2. The van der Waals surface area contributed by atoms with E-state index >= 15 is 0 Å². The van der Waals surface area contributed by atoms with E-state index in [1.54, 1.807) is 17.0 Å². The fraction of sp³-hybridized carbons (Fsp3) is 0.588. The molecule has 1 aromatic carbocycles. The van der Waals surface area contributed by atoms with Crippen molar-refractivity contribution >= 4 is 21.6 Å². The Hall–Kier alpha value is -1.74. The third-order valence-electron chi connectivity index (χ3n) is 4.96. The summed E-state index contributed by atoms with van der Waals surface area (Å²) in [4.78, 5) is 14.6. The van der Waals surface area contributed by atoms with Crippen LogP contribution in [0.1, 0.15) is 24.8 Å². The van der Waals surface area contributed by atoms with Crippen LogP contribution in [0.25, 0.3) is 0 Å². The molecule has 0 radical (unpaired) electrons. The number of nitrogens with zero attached hydrogens (tertiary/aromatic N) is 2. The van der Waals surface area contributed by atoms with Crippen LogP contribution in [0.2, 0.25) is 0 Å². The molecule has 6 nitrogen and oxygen atoms in total. The van der Waals surface area contributed by atoms with Crippen molar-refractivity contribution < 1.29 is 26.7 Å². The molecule has 0 atom stereocenters. The zero-order chi connectivity index (χ0) is 18.9. The lowest BCUT2D eigenvalue weighted by molar-refractivity contribution is -0.123. The average Bonchev–Trinajstić information content (AvgIpc) is 2.60. The fourth-order valence-corrected chi connectivity index (χ4v) is 4.56. The molecule has 1 aromatic rings. The van der Waals surface area contributed by atoms with Gasteiger partial charge in [0, 0.05) is 31.1 Å². The van der Waals surface area contributed by atoms with Gasteiger partial charge in [0.2, 0.25) is 15.9 Å². The van der Waals surface area contributed by atoms with E-state index in [-0.39, 0.29) is 17.6 Å². The van der Waals surface area contributed by atoms with Crippen LogP contribution in [0.4, 0.5) is 14.5 Å². The van der Waals surface area contributed by atoms with Gasteiger partial charge in [-0.2, -0.15) is 8.78 Å². The molecular weight excluding hydrogens is 366 g/mol. The molecule has 144 valence electrons. The number of piperidine rings is 1. The van der Waals surface area contributed by atoms with Gasteiger partial charge in [0.15, 0.2) is 0 Å². The molecule has 1 saturated heterocycles. The van der Waals surface area contributed by atoms with Gasteiger partial charge in [0.1, 0.15) is 5.75 Å². The number of hydrogen-bond donors (Lipinski definition) is 0. The highest BCUT2D eigenvalue weighted by Crippen LogP contribution is 2.36. The molecule has 3 rings (SSSR count). The number of rotatable bonds is 4. The van der Waals surface area contributed by atoms with Gasteiger partial charge in [-0.3, -0.25) is 4.79 Å². The topological polar surface area (TPSA) is 66.9 Å². The Morgan fingerprint density at radius 2 is 1.92 bits per heavy atom. The van der Waals surface area contributed by atoms with Crippen LogP contribution in [0.5, 0.6) is 5.75 Å². The third kappa shape index (κ3) is 3.98. The van der Waals surface area contributed by atoms with E-state index < -0.39 is 16.6 Å². The van der Waals surface area contributed by atoms with Crippen molar-refractivity contribution in [2.75, 3.05) is 30.8 Å². The van der Waals surface area contributed by atoms with Crippen molar-refractivity contribution in [3.8, 4) is 5.75 Å². The van der Waals surface area contributed by atoms with Crippen LogP contribution in [-0.2, 0) is 21.2 Å². The van der Waals surface area contributed by atoms with E-state index in [0.717, 1.165) is 0 Å². The van der Waals surface area contributed by atoms with Gasteiger partial charge in [0.25, 0.3) is 0 Å². The number of fused-ring (bicyclic) bond motifs is 1. The molecule has 2 heterocycles. The Labute approximate surface area is 151 Å². The SMILES string of the molecule is CS(=O)(=O)N1CCC(C(=O)N2CCCc3c(OC(F)F)cccc32)CC1. The van der Waals surface area contributed by atoms with Crippen molar-refractivity contribution in [1.29, 1.82) is 0 Å². The zero-order valence-electron chi connectivity index (χ0n) is 14.5. The number of ether oxygens (including phenoxy) is 1. The van der Waals surface area contributed by atoms with Crippen molar-refractivity contribution in [2.45, 2.75) is 32.3 Å². The number of anilines is 1. The molecule has 0 spiro atoms. The molecule has 9 heteroatoms. The zero-order valence-corrected chi connectivity index (χ0v) is 15.3. The molecule has 2 aliphatic heterocycles. The lowest BCUT2D eigenvalue weighted by Gasteiger charge is -2.36. The number of sulfonamides is 1. The number of carbonyl (C=O) groups excluding carboxylic acids is 1. The summed E-state index contributed by atoms with van der Waals surface area (Å²) in [6, 6.07) is 4.84. The third-order valence-corrected chi connectivity index (χ3v) is 6.27. The molecule has 0 aromatic heterocycles. The van der Waals surface area contributed by atoms with E-state index in [4.69, 9.17) is 0 Å². The highest BCUT2D eigenvalue weighted by molar-refractivity contribution is 7.88. The average molecular weight is 388 g/mol. The molecule has 0 unspecified atom stereocenters. The molecule has 0 bridgehead atoms. The highest BCUT2D eigenvalue weighted by Gasteiger charge is 2.34. The van der Waals surface area contributed by atoms with Crippen molar-refractivity contribution in [2.24, 2.45) is 5.92 Å². The summed E-state index contributed by atoms with van der Waals surface area (Å²) in [5.74, 6) is -0.228. The Morgan fingerprint density at radius 1 is 1.23 bits per heavy atom. The second-order valence-electron chi connectivity index (χ2n) is 6.66. The maximum absolute atomic E-state index is 13.0. The summed E-state index contributed by atoms with van der Waals surface area (Å²) in [6.45, 7) is -1.74. The van der Waals surface area contributed by atoms with Gasteiger partial charge in [-0.15, -0.1) is 0 Å². The summed E-state index contributed by atoms with van der Waals surface area (Å²) in [5.41, 5.74) is 1.24. The molecule has 2 aliphatic rings. The minimum absolute atomic E-state index is 0.0757. The first-order valence-corrected chi connectivity index (χ1v) is 10.5. The Bertz CT molecular complexity index is 777. The van der Waals surface area contributed by atoms with Gasteiger partial charge in [-0.05, 0) is 37.8 Å². The molecule has 1 fully saturated rings. The van der Waals surface area contributed by atoms with Crippen molar-refractivity contribution in [3.05, 3.63) is 23.8 Å². The summed E-state index contributed by atoms with van der Waals surface area (Å²) in [5, 5.41) is 0. The van der Waals surface area contributed by atoms with Crippen LogP contribution in [0.15, 0.2) is 18.2 Å².